The minimum atomic E-state index is -1.30. The van der Waals surface area contributed by atoms with Crippen molar-refractivity contribution in [1.82, 2.24) is 4.90 Å². The summed E-state index contributed by atoms with van der Waals surface area (Å²) in [6.45, 7) is 2.65. The monoisotopic (exact) mass is 345 g/mol. The van der Waals surface area contributed by atoms with Crippen LogP contribution in [0.25, 0.3) is 0 Å². The Hall–Kier alpha value is -3.26. The van der Waals surface area contributed by atoms with Gasteiger partial charge < -0.3 is 10.2 Å². The summed E-state index contributed by atoms with van der Waals surface area (Å²) in [5.74, 6) is 2.14. The average Bonchev–Trinajstić information content (AvgIpc) is 2.89. The van der Waals surface area contributed by atoms with Gasteiger partial charge in [-0.2, -0.15) is 0 Å². The van der Waals surface area contributed by atoms with Crippen molar-refractivity contribution >= 4 is 23.2 Å². The molecule has 0 saturated carbocycles. The Morgan fingerprint density at radius 1 is 1.12 bits per heavy atom. The molecule has 0 aromatic heterocycles. The molecule has 2 aromatic carbocycles. The number of rotatable bonds is 3. The average molecular weight is 345 g/mol. The van der Waals surface area contributed by atoms with E-state index in [-0.39, 0.29) is 18.4 Å². The number of benzene rings is 2. The van der Waals surface area contributed by atoms with Gasteiger partial charge in [-0.1, -0.05) is 43.2 Å². The number of amides is 2. The van der Waals surface area contributed by atoms with Crippen LogP contribution in [0.4, 0.5) is 11.4 Å². The van der Waals surface area contributed by atoms with E-state index in [1.54, 1.807) is 17.0 Å². The number of hydrogen-bond acceptors (Lipinski definition) is 3. The van der Waals surface area contributed by atoms with Gasteiger partial charge in [0.05, 0.1) is 17.8 Å². The summed E-state index contributed by atoms with van der Waals surface area (Å²) in [5.41, 5.74) is 1.45. The molecule has 5 heteroatoms. The number of carbonyl (C=O) groups excluding carboxylic acids is 2. The highest BCUT2D eigenvalue weighted by Gasteiger charge is 2.58. The van der Waals surface area contributed by atoms with Crippen molar-refractivity contribution in [2.45, 2.75) is 19.0 Å². The quantitative estimate of drug-likeness (QED) is 0.871. The summed E-state index contributed by atoms with van der Waals surface area (Å²) in [4.78, 5) is 30.0. The molecule has 0 fully saturated rings. The largest absolute Gasteiger partial charge is 0.350 e. The second-order valence-electron chi connectivity index (χ2n) is 6.45. The fourth-order valence-corrected chi connectivity index (χ4v) is 3.88. The first kappa shape index (κ1) is 16.2. The fraction of sp³-hybridized carbons (Fsp3) is 0.238. The Morgan fingerprint density at radius 2 is 1.85 bits per heavy atom. The van der Waals surface area contributed by atoms with E-state index < -0.39 is 5.66 Å². The van der Waals surface area contributed by atoms with Gasteiger partial charge in [-0.3, -0.25) is 14.5 Å². The smallest absolute Gasteiger partial charge is 0.278 e. The van der Waals surface area contributed by atoms with Crippen molar-refractivity contribution in [2.24, 2.45) is 0 Å². The van der Waals surface area contributed by atoms with E-state index in [0.717, 1.165) is 17.7 Å². The van der Waals surface area contributed by atoms with Gasteiger partial charge in [0.15, 0.2) is 0 Å². The topological polar surface area (TPSA) is 52.7 Å². The number of hydrogen-bond donors (Lipinski definition) is 1. The normalized spacial score (nSPS) is 20.6. The number of para-hydroxylation sites is 2. The Kier molecular flexibility index (Phi) is 3.69. The molecule has 0 saturated heterocycles. The van der Waals surface area contributed by atoms with Gasteiger partial charge in [-0.15, -0.1) is 6.42 Å². The minimum Gasteiger partial charge on any atom is -0.350 e. The lowest BCUT2D eigenvalue weighted by Gasteiger charge is -2.44. The van der Waals surface area contributed by atoms with Gasteiger partial charge in [-0.05, 0) is 24.6 Å². The Labute approximate surface area is 152 Å². The lowest BCUT2D eigenvalue weighted by atomic mass is 9.93. The number of nitrogens with zero attached hydrogens (tertiary/aromatic N) is 2. The molecule has 2 heterocycles. The molecule has 1 N–H and O–H groups in total. The summed E-state index contributed by atoms with van der Waals surface area (Å²) < 4.78 is 0. The number of nitrogens with one attached hydrogen (secondary N) is 1. The van der Waals surface area contributed by atoms with Crippen LogP contribution in [0, 0.1) is 12.3 Å². The number of anilines is 2. The van der Waals surface area contributed by atoms with Crippen LogP contribution in [0.15, 0.2) is 48.5 Å². The van der Waals surface area contributed by atoms with E-state index in [4.69, 9.17) is 6.42 Å². The fourth-order valence-electron chi connectivity index (χ4n) is 3.88. The first-order valence-corrected chi connectivity index (χ1v) is 8.69. The van der Waals surface area contributed by atoms with E-state index in [1.165, 1.54) is 4.90 Å². The lowest BCUT2D eigenvalue weighted by molar-refractivity contribution is -0.127. The molecule has 1 unspecified atom stereocenters. The summed E-state index contributed by atoms with van der Waals surface area (Å²) >= 11 is 0. The molecule has 1 spiro atoms. The first-order valence-electron chi connectivity index (χ1n) is 8.69. The minimum absolute atomic E-state index is 0.0419. The molecule has 2 aromatic rings. The van der Waals surface area contributed by atoms with Crippen LogP contribution in [0.2, 0.25) is 0 Å². The van der Waals surface area contributed by atoms with E-state index in [2.05, 4.69) is 11.2 Å². The third kappa shape index (κ3) is 1.99. The van der Waals surface area contributed by atoms with Crippen molar-refractivity contribution in [2.75, 3.05) is 23.3 Å². The molecule has 2 aliphatic heterocycles. The predicted molar refractivity (Wildman–Crippen MR) is 101 cm³/mol. The maximum absolute atomic E-state index is 13.6. The Balaban J connectivity index is 1.98. The van der Waals surface area contributed by atoms with E-state index in [9.17, 15) is 9.59 Å². The van der Waals surface area contributed by atoms with Crippen LogP contribution in [-0.2, 0) is 10.5 Å². The molecule has 2 amide bonds. The zero-order valence-electron chi connectivity index (χ0n) is 14.5. The van der Waals surface area contributed by atoms with Crippen LogP contribution in [0.3, 0.4) is 0 Å². The molecule has 2 aliphatic rings. The van der Waals surface area contributed by atoms with Crippen molar-refractivity contribution < 1.29 is 9.59 Å². The summed E-state index contributed by atoms with van der Waals surface area (Å²) in [5, 5.41) is 3.35. The molecule has 26 heavy (non-hydrogen) atoms. The van der Waals surface area contributed by atoms with Crippen molar-refractivity contribution in [3.8, 4) is 12.3 Å². The molecule has 5 nitrogen and oxygen atoms in total. The van der Waals surface area contributed by atoms with Crippen LogP contribution < -0.4 is 10.2 Å². The standard InChI is InChI=1S/C21H19N3O2/c1-3-13-23-18-12-8-6-10-16(18)21(20(23)26)22-17-11-7-5-9-15(17)19(25)24(21)14-4-2/h2,5-12,22H,3,13-14H2,1H3. The lowest BCUT2D eigenvalue weighted by Crippen LogP contribution is -2.62. The maximum atomic E-state index is 13.6. The van der Waals surface area contributed by atoms with Gasteiger partial charge in [0.25, 0.3) is 11.8 Å². The van der Waals surface area contributed by atoms with Crippen LogP contribution in [-0.4, -0.2) is 29.8 Å². The van der Waals surface area contributed by atoms with Crippen molar-refractivity contribution in [3.63, 3.8) is 0 Å². The number of carbonyl (C=O) groups is 2. The first-order chi connectivity index (χ1) is 12.6. The number of terminal acetylenes is 1. The third-order valence-electron chi connectivity index (χ3n) is 4.96. The second-order valence-corrected chi connectivity index (χ2v) is 6.45. The molecular formula is C21H19N3O2. The van der Waals surface area contributed by atoms with Gasteiger partial charge in [0.2, 0.25) is 5.66 Å². The Morgan fingerprint density at radius 3 is 2.62 bits per heavy atom. The van der Waals surface area contributed by atoms with E-state index in [1.807, 2.05) is 43.3 Å². The van der Waals surface area contributed by atoms with Crippen LogP contribution in [0.1, 0.15) is 29.3 Å². The highest BCUT2D eigenvalue weighted by atomic mass is 16.2. The Bertz CT molecular complexity index is 946. The zero-order chi connectivity index (χ0) is 18.3. The summed E-state index contributed by atoms with van der Waals surface area (Å²) in [6.07, 6.45) is 6.37. The zero-order valence-corrected chi connectivity index (χ0v) is 14.5. The highest BCUT2D eigenvalue weighted by molar-refractivity contribution is 6.15. The summed E-state index contributed by atoms with van der Waals surface area (Å²) in [7, 11) is 0. The third-order valence-corrected chi connectivity index (χ3v) is 4.96. The van der Waals surface area contributed by atoms with Gasteiger partial charge in [-0.25, -0.2) is 0 Å². The summed E-state index contributed by atoms with van der Waals surface area (Å²) in [6, 6.07) is 14.8. The molecule has 0 aliphatic carbocycles. The van der Waals surface area contributed by atoms with Crippen molar-refractivity contribution in [1.29, 1.82) is 0 Å². The van der Waals surface area contributed by atoms with Crippen LogP contribution in [0.5, 0.6) is 0 Å². The van der Waals surface area contributed by atoms with Gasteiger partial charge in [0.1, 0.15) is 0 Å². The van der Waals surface area contributed by atoms with Gasteiger partial charge >= 0.3 is 0 Å². The molecular weight excluding hydrogens is 326 g/mol. The highest BCUT2D eigenvalue weighted by Crippen LogP contribution is 2.47. The molecule has 130 valence electrons. The maximum Gasteiger partial charge on any atom is 0.278 e. The van der Waals surface area contributed by atoms with E-state index in [0.29, 0.717) is 17.8 Å². The SMILES string of the molecule is C#CCN1C(=O)c2ccccc2NC12C(=O)N(CCC)c1ccccc12. The van der Waals surface area contributed by atoms with E-state index >= 15 is 0 Å². The van der Waals surface area contributed by atoms with Crippen molar-refractivity contribution in [3.05, 3.63) is 59.7 Å². The second kappa shape index (κ2) is 5.92. The molecule has 1 atom stereocenters. The van der Waals surface area contributed by atoms with Gasteiger partial charge in [0, 0.05) is 17.8 Å². The molecule has 0 radical (unpaired) electrons. The predicted octanol–water partition coefficient (Wildman–Crippen LogP) is 2.80. The number of fused-ring (bicyclic) bond motifs is 3. The van der Waals surface area contributed by atoms with Crippen LogP contribution >= 0.6 is 0 Å². The molecule has 4 rings (SSSR count). The molecule has 0 bridgehead atoms.